The lowest BCUT2D eigenvalue weighted by Crippen LogP contribution is -2.27. The molecule has 1 heterocycles. The molecule has 0 saturated carbocycles. The van der Waals surface area contributed by atoms with E-state index in [-0.39, 0.29) is 11.5 Å². The Bertz CT molecular complexity index is 1300. The van der Waals surface area contributed by atoms with Crippen molar-refractivity contribution in [3.8, 4) is 11.5 Å². The van der Waals surface area contributed by atoms with E-state index in [1.54, 1.807) is 37.5 Å². The Kier molecular flexibility index (Phi) is 7.00. The lowest BCUT2D eigenvalue weighted by atomic mass is 10.1. The van der Waals surface area contributed by atoms with Crippen LogP contribution in [0.4, 0.5) is 5.69 Å². The minimum Gasteiger partial charge on any atom is -0.493 e. The highest BCUT2D eigenvalue weighted by Gasteiger charge is 2.33. The summed E-state index contributed by atoms with van der Waals surface area (Å²) in [6.07, 6.45) is 1.73. The predicted molar refractivity (Wildman–Crippen MR) is 138 cm³/mol. The molecule has 0 atom stereocenters. The van der Waals surface area contributed by atoms with Gasteiger partial charge in [-0.2, -0.15) is 0 Å². The van der Waals surface area contributed by atoms with E-state index < -0.39 is 5.97 Å². The summed E-state index contributed by atoms with van der Waals surface area (Å²) in [6, 6.07) is 19.7. The first kappa shape index (κ1) is 23.5. The first-order valence-electron chi connectivity index (χ1n) is 10.3. The number of anilines is 1. The molecule has 172 valence electrons. The van der Waals surface area contributed by atoms with Crippen LogP contribution in [0.5, 0.6) is 11.5 Å². The number of aryl methyl sites for hydroxylation is 1. The topological polar surface area (TPSA) is 76.1 Å². The lowest BCUT2D eigenvalue weighted by molar-refractivity contribution is -0.113. The van der Waals surface area contributed by atoms with Crippen LogP contribution in [0.2, 0.25) is 0 Å². The molecule has 34 heavy (non-hydrogen) atoms. The first-order valence-corrected chi connectivity index (χ1v) is 11.6. The summed E-state index contributed by atoms with van der Waals surface area (Å²) in [5.41, 5.74) is 3.49. The monoisotopic (exact) mass is 491 g/mol. The average molecular weight is 492 g/mol. The lowest BCUT2D eigenvalue weighted by Gasteiger charge is -2.15. The minimum atomic E-state index is -1.07. The zero-order valence-electron chi connectivity index (χ0n) is 18.5. The van der Waals surface area contributed by atoms with E-state index in [2.05, 4.69) is 0 Å². The second-order valence-electron chi connectivity index (χ2n) is 7.56. The summed E-state index contributed by atoms with van der Waals surface area (Å²) in [7, 11) is 1.56. The van der Waals surface area contributed by atoms with Gasteiger partial charge in [-0.1, -0.05) is 65.9 Å². The van der Waals surface area contributed by atoms with Crippen molar-refractivity contribution in [2.24, 2.45) is 0 Å². The van der Waals surface area contributed by atoms with E-state index in [4.69, 9.17) is 21.7 Å². The number of carboxylic acid groups (broad SMARTS) is 1. The molecule has 0 bridgehead atoms. The molecule has 0 radical (unpaired) electrons. The number of aromatic carboxylic acids is 1. The number of hydrogen-bond acceptors (Lipinski definition) is 6. The molecule has 1 amide bonds. The fourth-order valence-corrected chi connectivity index (χ4v) is 4.66. The number of carboxylic acids is 1. The molecule has 1 saturated heterocycles. The smallest absolute Gasteiger partial charge is 0.335 e. The Morgan fingerprint density at radius 1 is 1.09 bits per heavy atom. The van der Waals surface area contributed by atoms with Crippen LogP contribution in [-0.4, -0.2) is 28.4 Å². The highest BCUT2D eigenvalue weighted by Crippen LogP contribution is 2.37. The Labute approximate surface area is 206 Å². The van der Waals surface area contributed by atoms with Gasteiger partial charge in [0.05, 0.1) is 23.3 Å². The Morgan fingerprint density at radius 3 is 2.56 bits per heavy atom. The fourth-order valence-electron chi connectivity index (χ4n) is 3.36. The van der Waals surface area contributed by atoms with Crippen molar-refractivity contribution in [3.05, 3.63) is 93.9 Å². The number of thioether (sulfide) groups is 1. The fraction of sp³-hybridized carbons (Fsp3) is 0.115. The second kappa shape index (κ2) is 10.1. The molecule has 0 spiro atoms. The van der Waals surface area contributed by atoms with Crippen molar-refractivity contribution >= 4 is 51.9 Å². The van der Waals surface area contributed by atoms with E-state index in [0.29, 0.717) is 33.0 Å². The van der Waals surface area contributed by atoms with Crippen LogP contribution in [0.1, 0.15) is 27.0 Å². The van der Waals surface area contributed by atoms with Crippen molar-refractivity contribution < 1.29 is 24.2 Å². The summed E-state index contributed by atoms with van der Waals surface area (Å²) < 4.78 is 11.8. The molecule has 1 aliphatic heterocycles. The molecule has 1 N–H and O–H groups in total. The number of thiocarbonyl (C=S) groups is 1. The normalized spacial score (nSPS) is 14.5. The molecule has 4 rings (SSSR count). The predicted octanol–water partition coefficient (Wildman–Crippen LogP) is 5.69. The summed E-state index contributed by atoms with van der Waals surface area (Å²) in [5.74, 6) is -0.237. The molecule has 8 heteroatoms. The number of methoxy groups -OCH3 is 1. The van der Waals surface area contributed by atoms with Crippen molar-refractivity contribution in [1.29, 1.82) is 0 Å². The average Bonchev–Trinajstić information content (AvgIpc) is 3.11. The number of carbonyl (C=O) groups is 2. The second-order valence-corrected chi connectivity index (χ2v) is 9.23. The maximum atomic E-state index is 13.1. The third-order valence-corrected chi connectivity index (χ3v) is 6.45. The van der Waals surface area contributed by atoms with Crippen LogP contribution in [0.3, 0.4) is 0 Å². The minimum absolute atomic E-state index is 0.0847. The van der Waals surface area contributed by atoms with Gasteiger partial charge in [0, 0.05) is 0 Å². The number of hydrogen-bond donors (Lipinski definition) is 1. The third kappa shape index (κ3) is 5.13. The van der Waals surface area contributed by atoms with Gasteiger partial charge in [0.1, 0.15) is 6.61 Å². The number of rotatable bonds is 7. The van der Waals surface area contributed by atoms with Crippen molar-refractivity contribution in [3.63, 3.8) is 0 Å². The van der Waals surface area contributed by atoms with E-state index in [1.165, 1.54) is 22.6 Å². The summed E-state index contributed by atoms with van der Waals surface area (Å²) in [6.45, 7) is 2.44. The molecule has 1 fully saturated rings. The van der Waals surface area contributed by atoms with Gasteiger partial charge in [0.25, 0.3) is 5.91 Å². The van der Waals surface area contributed by atoms with Crippen LogP contribution >= 0.6 is 24.0 Å². The Balaban J connectivity index is 1.53. The van der Waals surface area contributed by atoms with Gasteiger partial charge in [-0.15, -0.1) is 0 Å². The summed E-state index contributed by atoms with van der Waals surface area (Å²) in [5, 5.41) is 9.24. The number of amides is 1. The van der Waals surface area contributed by atoms with Gasteiger partial charge < -0.3 is 14.6 Å². The molecule has 0 unspecified atom stereocenters. The molecule has 3 aromatic carbocycles. The maximum Gasteiger partial charge on any atom is 0.335 e. The van der Waals surface area contributed by atoms with Gasteiger partial charge in [-0.05, 0) is 54.5 Å². The standard InChI is InChI=1S/C26H21NO5S2/c1-16-6-8-17(9-7-16)15-32-21-11-10-18(12-22(21)31-2)13-23-24(28)27(26(33)34-23)20-5-3-4-19(14-20)25(29)30/h3-14H,15H2,1-2H3,(H,29,30)/b23-13-. The van der Waals surface area contributed by atoms with Crippen LogP contribution in [0.15, 0.2) is 71.6 Å². The number of ether oxygens (including phenoxy) is 2. The highest BCUT2D eigenvalue weighted by molar-refractivity contribution is 8.27. The van der Waals surface area contributed by atoms with E-state index in [0.717, 1.165) is 22.9 Å². The van der Waals surface area contributed by atoms with Crippen molar-refractivity contribution in [2.45, 2.75) is 13.5 Å². The Hall–Kier alpha value is -3.62. The summed E-state index contributed by atoms with van der Waals surface area (Å²) in [4.78, 5) is 26.1. The summed E-state index contributed by atoms with van der Waals surface area (Å²) >= 11 is 6.56. The van der Waals surface area contributed by atoms with E-state index in [9.17, 15) is 14.7 Å². The van der Waals surface area contributed by atoms with E-state index in [1.807, 2.05) is 37.3 Å². The van der Waals surface area contributed by atoms with Crippen LogP contribution in [0.25, 0.3) is 6.08 Å². The quantitative estimate of drug-likeness (QED) is 0.336. The van der Waals surface area contributed by atoms with Crippen molar-refractivity contribution in [2.75, 3.05) is 12.0 Å². The number of benzene rings is 3. The van der Waals surface area contributed by atoms with Gasteiger partial charge >= 0.3 is 5.97 Å². The largest absolute Gasteiger partial charge is 0.493 e. The molecule has 0 aromatic heterocycles. The van der Waals surface area contributed by atoms with Gasteiger partial charge in [0.15, 0.2) is 15.8 Å². The van der Waals surface area contributed by atoms with Crippen LogP contribution in [-0.2, 0) is 11.4 Å². The first-order chi connectivity index (χ1) is 16.4. The van der Waals surface area contributed by atoms with Gasteiger partial charge in [-0.25, -0.2) is 4.79 Å². The number of carbonyl (C=O) groups excluding carboxylic acids is 1. The number of nitrogens with zero attached hydrogens (tertiary/aromatic N) is 1. The molecule has 0 aliphatic carbocycles. The van der Waals surface area contributed by atoms with Crippen LogP contribution in [0, 0.1) is 6.92 Å². The van der Waals surface area contributed by atoms with Gasteiger partial charge in [0.2, 0.25) is 0 Å². The molecule has 3 aromatic rings. The SMILES string of the molecule is COc1cc(/C=C2\SC(=S)N(c3cccc(C(=O)O)c3)C2=O)ccc1OCc1ccc(C)cc1. The molecule has 1 aliphatic rings. The van der Waals surface area contributed by atoms with Gasteiger partial charge in [-0.3, -0.25) is 9.69 Å². The third-order valence-electron chi connectivity index (χ3n) is 5.15. The highest BCUT2D eigenvalue weighted by atomic mass is 32.2. The maximum absolute atomic E-state index is 13.1. The van der Waals surface area contributed by atoms with Crippen molar-refractivity contribution in [1.82, 2.24) is 0 Å². The zero-order chi connectivity index (χ0) is 24.2. The molecule has 6 nitrogen and oxygen atoms in total. The molecular weight excluding hydrogens is 470 g/mol. The molecular formula is C26H21NO5S2. The van der Waals surface area contributed by atoms with E-state index >= 15 is 0 Å². The van der Waals surface area contributed by atoms with Crippen LogP contribution < -0.4 is 14.4 Å². The zero-order valence-corrected chi connectivity index (χ0v) is 20.1. The Morgan fingerprint density at radius 2 is 1.85 bits per heavy atom.